The molecule has 0 saturated carbocycles. The molecule has 0 atom stereocenters. The normalized spacial score (nSPS) is 16.2. The Balaban J connectivity index is 2.22. The fraction of sp³-hybridized carbons (Fsp3) is 0.400. The number of hydroxylamine groups is 2. The summed E-state index contributed by atoms with van der Waals surface area (Å²) in [4.78, 5) is 21.0. The number of hydrogen-bond donors (Lipinski definition) is 0. The number of hydrogen-bond acceptors (Lipinski definition) is 3. The van der Waals surface area contributed by atoms with Crippen molar-refractivity contribution in [1.82, 2.24) is 10.0 Å². The van der Waals surface area contributed by atoms with E-state index in [0.717, 1.165) is 12.8 Å². The molecule has 1 aromatic rings. The van der Waals surface area contributed by atoms with Gasteiger partial charge in [0.2, 0.25) is 0 Å². The van der Waals surface area contributed by atoms with Gasteiger partial charge in [0.25, 0.3) is 5.91 Å². The molecule has 0 unspecified atom stereocenters. The van der Waals surface area contributed by atoms with E-state index in [-0.39, 0.29) is 16.1 Å². The minimum absolute atomic E-state index is 0.241. The average Bonchev–Trinajstić information content (AvgIpc) is 2.32. The molecule has 0 spiro atoms. The van der Waals surface area contributed by atoms with Crippen LogP contribution in [0.5, 0.6) is 0 Å². The summed E-state index contributed by atoms with van der Waals surface area (Å²) in [5, 5.41) is 1.84. The Kier molecular flexibility index (Phi) is 3.63. The highest BCUT2D eigenvalue weighted by Gasteiger charge is 2.22. The lowest BCUT2D eigenvalue weighted by Crippen LogP contribution is -2.35. The Bertz CT molecular complexity index is 406. The summed E-state index contributed by atoms with van der Waals surface area (Å²) in [6.45, 7) is 1.14. The number of carbonyl (C=O) groups is 1. The second-order valence-corrected chi connectivity index (χ2v) is 4.23. The van der Waals surface area contributed by atoms with Crippen molar-refractivity contribution in [3.8, 4) is 0 Å². The van der Waals surface area contributed by atoms with Gasteiger partial charge in [0.05, 0.1) is 17.2 Å². The molecule has 0 aromatic carbocycles. The third-order valence-corrected chi connectivity index (χ3v) is 2.79. The minimum atomic E-state index is -0.269. The van der Waals surface area contributed by atoms with Gasteiger partial charge in [0.1, 0.15) is 5.15 Å². The van der Waals surface area contributed by atoms with Crippen LogP contribution in [0.3, 0.4) is 0 Å². The smallest absolute Gasteiger partial charge is 0.271 e. The maximum atomic E-state index is 12.0. The van der Waals surface area contributed by atoms with E-state index in [9.17, 15) is 4.79 Å². The SMILES string of the molecule is O=C(c1cc(Cl)ncc1Cl)N1CCCCO1. The summed E-state index contributed by atoms with van der Waals surface area (Å²) in [6, 6.07) is 1.45. The van der Waals surface area contributed by atoms with E-state index < -0.39 is 0 Å². The van der Waals surface area contributed by atoms with E-state index >= 15 is 0 Å². The molecule has 6 heteroatoms. The first-order valence-corrected chi connectivity index (χ1v) is 5.70. The Labute approximate surface area is 103 Å². The summed E-state index contributed by atoms with van der Waals surface area (Å²) in [6.07, 6.45) is 3.26. The average molecular weight is 261 g/mol. The van der Waals surface area contributed by atoms with Gasteiger partial charge in [0, 0.05) is 12.7 Å². The van der Waals surface area contributed by atoms with Crippen LogP contribution in [-0.2, 0) is 4.84 Å². The molecule has 1 fully saturated rings. The van der Waals surface area contributed by atoms with Crippen LogP contribution in [0.4, 0.5) is 0 Å². The molecule has 1 saturated heterocycles. The summed E-state index contributed by atoms with van der Waals surface area (Å²) >= 11 is 11.6. The van der Waals surface area contributed by atoms with Crippen LogP contribution >= 0.6 is 23.2 Å². The maximum absolute atomic E-state index is 12.0. The monoisotopic (exact) mass is 260 g/mol. The van der Waals surface area contributed by atoms with Gasteiger partial charge in [0.15, 0.2) is 0 Å². The standard InChI is InChI=1S/C10H10Cl2N2O2/c11-8-6-13-9(12)5-7(8)10(15)14-3-1-2-4-16-14/h5-6H,1-4H2. The molecule has 0 radical (unpaired) electrons. The molecule has 86 valence electrons. The van der Waals surface area contributed by atoms with Crippen molar-refractivity contribution in [3.05, 3.63) is 28.0 Å². The third kappa shape index (κ3) is 2.45. The Morgan fingerprint density at radius 3 is 2.94 bits per heavy atom. The zero-order chi connectivity index (χ0) is 11.5. The Morgan fingerprint density at radius 2 is 2.25 bits per heavy atom. The second-order valence-electron chi connectivity index (χ2n) is 3.43. The van der Waals surface area contributed by atoms with Crippen molar-refractivity contribution in [3.63, 3.8) is 0 Å². The first kappa shape index (κ1) is 11.6. The van der Waals surface area contributed by atoms with Crippen molar-refractivity contribution in [2.45, 2.75) is 12.8 Å². The molecule has 2 heterocycles. The van der Waals surface area contributed by atoms with E-state index in [1.807, 2.05) is 0 Å². The van der Waals surface area contributed by atoms with Gasteiger partial charge in [-0.15, -0.1) is 0 Å². The van der Waals surface area contributed by atoms with E-state index in [1.165, 1.54) is 17.3 Å². The van der Waals surface area contributed by atoms with Crippen molar-refractivity contribution >= 4 is 29.1 Å². The van der Waals surface area contributed by atoms with Crippen LogP contribution < -0.4 is 0 Å². The molecule has 4 nitrogen and oxygen atoms in total. The van der Waals surface area contributed by atoms with E-state index in [0.29, 0.717) is 18.7 Å². The highest BCUT2D eigenvalue weighted by atomic mass is 35.5. The van der Waals surface area contributed by atoms with Crippen LogP contribution in [0.1, 0.15) is 23.2 Å². The van der Waals surface area contributed by atoms with Crippen molar-refractivity contribution in [2.75, 3.05) is 13.2 Å². The van der Waals surface area contributed by atoms with Gasteiger partial charge in [-0.1, -0.05) is 23.2 Å². The van der Waals surface area contributed by atoms with Gasteiger partial charge >= 0.3 is 0 Å². The van der Waals surface area contributed by atoms with Crippen LogP contribution in [-0.4, -0.2) is 29.1 Å². The molecular weight excluding hydrogens is 251 g/mol. The molecule has 16 heavy (non-hydrogen) atoms. The van der Waals surface area contributed by atoms with Crippen molar-refractivity contribution in [2.24, 2.45) is 0 Å². The Morgan fingerprint density at radius 1 is 1.44 bits per heavy atom. The lowest BCUT2D eigenvalue weighted by Gasteiger charge is -2.26. The molecule has 0 bridgehead atoms. The quantitative estimate of drug-likeness (QED) is 0.729. The number of amides is 1. The third-order valence-electron chi connectivity index (χ3n) is 2.28. The highest BCUT2D eigenvalue weighted by molar-refractivity contribution is 6.35. The molecule has 1 aromatic heterocycles. The zero-order valence-corrected chi connectivity index (χ0v) is 9.96. The minimum Gasteiger partial charge on any atom is -0.271 e. The summed E-state index contributed by atoms with van der Waals surface area (Å²) in [5.41, 5.74) is 0.323. The van der Waals surface area contributed by atoms with Crippen LogP contribution in [0.15, 0.2) is 12.3 Å². The van der Waals surface area contributed by atoms with Gasteiger partial charge in [-0.2, -0.15) is 0 Å². The van der Waals surface area contributed by atoms with Crippen LogP contribution in [0.2, 0.25) is 10.2 Å². The summed E-state index contributed by atoms with van der Waals surface area (Å²) in [5.74, 6) is -0.269. The largest absolute Gasteiger partial charge is 0.279 e. The molecule has 0 aliphatic carbocycles. The number of nitrogens with zero attached hydrogens (tertiary/aromatic N) is 2. The number of halogens is 2. The van der Waals surface area contributed by atoms with E-state index in [1.54, 1.807) is 0 Å². The van der Waals surface area contributed by atoms with Crippen molar-refractivity contribution < 1.29 is 9.63 Å². The zero-order valence-electron chi connectivity index (χ0n) is 8.45. The number of pyridine rings is 1. The van der Waals surface area contributed by atoms with Crippen LogP contribution in [0.25, 0.3) is 0 Å². The molecule has 1 aliphatic heterocycles. The first-order chi connectivity index (χ1) is 7.68. The summed E-state index contributed by atoms with van der Waals surface area (Å²) < 4.78 is 0. The lowest BCUT2D eigenvalue weighted by molar-refractivity contribution is -0.144. The molecule has 0 N–H and O–H groups in total. The first-order valence-electron chi connectivity index (χ1n) is 4.94. The molecular formula is C10H10Cl2N2O2. The predicted molar refractivity (Wildman–Crippen MR) is 60.5 cm³/mol. The fourth-order valence-corrected chi connectivity index (χ4v) is 1.81. The van der Waals surface area contributed by atoms with Crippen molar-refractivity contribution in [1.29, 1.82) is 0 Å². The topological polar surface area (TPSA) is 42.4 Å². The molecule has 2 rings (SSSR count). The highest BCUT2D eigenvalue weighted by Crippen LogP contribution is 2.21. The van der Waals surface area contributed by atoms with E-state index in [2.05, 4.69) is 4.98 Å². The van der Waals surface area contributed by atoms with Gasteiger partial charge in [-0.3, -0.25) is 9.63 Å². The lowest BCUT2D eigenvalue weighted by atomic mass is 10.2. The molecule has 1 aliphatic rings. The van der Waals surface area contributed by atoms with Crippen LogP contribution in [0, 0.1) is 0 Å². The number of aromatic nitrogens is 1. The molecule has 1 amide bonds. The second kappa shape index (κ2) is 4.99. The van der Waals surface area contributed by atoms with Gasteiger partial charge < -0.3 is 0 Å². The van der Waals surface area contributed by atoms with Gasteiger partial charge in [-0.05, 0) is 18.9 Å². The van der Waals surface area contributed by atoms with E-state index in [4.69, 9.17) is 28.0 Å². The number of carbonyl (C=O) groups excluding carboxylic acids is 1. The fourth-order valence-electron chi connectivity index (χ4n) is 1.47. The van der Waals surface area contributed by atoms with Gasteiger partial charge in [-0.25, -0.2) is 10.0 Å². The summed E-state index contributed by atoms with van der Waals surface area (Å²) in [7, 11) is 0. The predicted octanol–water partition coefficient (Wildman–Crippen LogP) is 2.56. The Hall–Kier alpha value is -0.840. The number of rotatable bonds is 1. The maximum Gasteiger partial charge on any atom is 0.279 e.